The lowest BCUT2D eigenvalue weighted by Crippen LogP contribution is -2.55. The number of hydrogen-bond acceptors (Lipinski definition) is 3. The van der Waals surface area contributed by atoms with Gasteiger partial charge in [0, 0.05) is 21.2 Å². The molecular formula is C9H19N3O2. The maximum atomic E-state index is 11.4. The van der Waals surface area contributed by atoms with E-state index in [-0.39, 0.29) is 18.3 Å². The smallest absolute Gasteiger partial charge is 0.317 e. The Morgan fingerprint density at radius 3 is 2.86 bits per heavy atom. The number of hydrogen-bond donors (Lipinski definition) is 2. The minimum absolute atomic E-state index is 0.0624. The second kappa shape index (κ2) is 5.17. The third-order valence-corrected chi connectivity index (χ3v) is 2.37. The largest absolute Gasteiger partial charge is 0.364 e. The molecule has 1 rings (SSSR count). The number of rotatable bonds is 2. The average Bonchev–Trinajstić information content (AvgIpc) is 2.18. The summed E-state index contributed by atoms with van der Waals surface area (Å²) in [4.78, 5) is 12.9. The van der Waals surface area contributed by atoms with Gasteiger partial charge in [-0.15, -0.1) is 0 Å². The van der Waals surface area contributed by atoms with E-state index in [0.29, 0.717) is 0 Å². The Kier molecular flexibility index (Phi) is 4.16. The molecule has 0 aromatic carbocycles. The second-order valence-electron chi connectivity index (χ2n) is 3.70. The van der Waals surface area contributed by atoms with Crippen molar-refractivity contribution in [2.75, 3.05) is 27.7 Å². The molecule has 14 heavy (non-hydrogen) atoms. The zero-order chi connectivity index (χ0) is 10.6. The zero-order valence-corrected chi connectivity index (χ0v) is 9.04. The molecule has 2 unspecified atom stereocenters. The summed E-state index contributed by atoms with van der Waals surface area (Å²) in [6.45, 7) is 0.951. The fraction of sp³-hybridized carbons (Fsp3) is 0.889. The molecule has 5 heteroatoms. The molecule has 2 N–H and O–H groups in total. The summed E-state index contributed by atoms with van der Waals surface area (Å²) in [6.07, 6.45) is 1.97. The van der Waals surface area contributed by atoms with Gasteiger partial charge in [0.25, 0.3) is 0 Å². The highest BCUT2D eigenvalue weighted by Crippen LogP contribution is 2.09. The highest BCUT2D eigenvalue weighted by atomic mass is 16.5. The second-order valence-corrected chi connectivity index (χ2v) is 3.70. The molecule has 0 radical (unpaired) electrons. The topological polar surface area (TPSA) is 53.6 Å². The summed E-state index contributed by atoms with van der Waals surface area (Å²) in [7, 11) is 5.11. The predicted molar refractivity (Wildman–Crippen MR) is 54.0 cm³/mol. The van der Waals surface area contributed by atoms with Crippen LogP contribution in [0.1, 0.15) is 12.8 Å². The molecule has 82 valence electrons. The summed E-state index contributed by atoms with van der Waals surface area (Å²) in [6, 6.07) is 0.00407. The van der Waals surface area contributed by atoms with Gasteiger partial charge in [0.1, 0.15) is 6.23 Å². The number of amides is 2. The Hall–Kier alpha value is -0.810. The number of carbonyl (C=O) groups excluding carboxylic acids is 1. The van der Waals surface area contributed by atoms with Crippen molar-refractivity contribution in [3.05, 3.63) is 0 Å². The van der Waals surface area contributed by atoms with Gasteiger partial charge in [-0.3, -0.25) is 5.32 Å². The van der Waals surface area contributed by atoms with Crippen molar-refractivity contribution in [1.29, 1.82) is 0 Å². The normalized spacial score (nSPS) is 27.1. The number of urea groups is 1. The summed E-state index contributed by atoms with van der Waals surface area (Å²) in [5.41, 5.74) is 0. The lowest BCUT2D eigenvalue weighted by atomic mass is 10.1. The van der Waals surface area contributed by atoms with Gasteiger partial charge in [0.2, 0.25) is 0 Å². The first-order valence-electron chi connectivity index (χ1n) is 4.89. The molecule has 0 aromatic rings. The summed E-state index contributed by atoms with van der Waals surface area (Å²) in [5.74, 6) is 0. The van der Waals surface area contributed by atoms with Crippen molar-refractivity contribution in [2.24, 2.45) is 0 Å². The quantitative estimate of drug-likeness (QED) is 0.660. The Bertz CT molecular complexity index is 196. The van der Waals surface area contributed by atoms with Crippen LogP contribution in [0.2, 0.25) is 0 Å². The fourth-order valence-corrected chi connectivity index (χ4v) is 1.54. The van der Waals surface area contributed by atoms with E-state index in [1.54, 1.807) is 21.2 Å². The Morgan fingerprint density at radius 1 is 1.57 bits per heavy atom. The van der Waals surface area contributed by atoms with E-state index in [2.05, 4.69) is 10.6 Å². The van der Waals surface area contributed by atoms with Crippen LogP contribution in [0, 0.1) is 0 Å². The minimum Gasteiger partial charge on any atom is -0.364 e. The molecule has 0 aliphatic carbocycles. The van der Waals surface area contributed by atoms with Crippen molar-refractivity contribution >= 4 is 6.03 Å². The Morgan fingerprint density at radius 2 is 2.29 bits per heavy atom. The first-order valence-corrected chi connectivity index (χ1v) is 4.89. The predicted octanol–water partition coefficient (Wildman–Crippen LogP) is -0.0179. The third kappa shape index (κ3) is 2.85. The first kappa shape index (κ1) is 11.3. The fourth-order valence-electron chi connectivity index (χ4n) is 1.54. The van der Waals surface area contributed by atoms with Crippen LogP contribution < -0.4 is 10.6 Å². The number of nitrogens with one attached hydrogen (secondary N) is 2. The third-order valence-electron chi connectivity index (χ3n) is 2.37. The van der Waals surface area contributed by atoms with Gasteiger partial charge in [0.05, 0.1) is 6.04 Å². The van der Waals surface area contributed by atoms with Crippen molar-refractivity contribution in [1.82, 2.24) is 15.5 Å². The van der Waals surface area contributed by atoms with Crippen LogP contribution in [-0.2, 0) is 4.74 Å². The summed E-state index contributed by atoms with van der Waals surface area (Å²) >= 11 is 0. The van der Waals surface area contributed by atoms with Gasteiger partial charge < -0.3 is 15.0 Å². The van der Waals surface area contributed by atoms with Crippen LogP contribution in [0.3, 0.4) is 0 Å². The minimum atomic E-state index is -0.0687. The Labute approximate surface area is 84.8 Å². The van der Waals surface area contributed by atoms with Crippen LogP contribution in [0.5, 0.6) is 0 Å². The molecule has 1 aliphatic rings. The van der Waals surface area contributed by atoms with E-state index in [9.17, 15) is 4.79 Å². The average molecular weight is 201 g/mol. The van der Waals surface area contributed by atoms with E-state index in [1.165, 1.54) is 4.90 Å². The highest BCUT2D eigenvalue weighted by Gasteiger charge is 2.26. The molecule has 1 aliphatic heterocycles. The maximum absolute atomic E-state index is 11.4. The van der Waals surface area contributed by atoms with Crippen molar-refractivity contribution in [2.45, 2.75) is 25.1 Å². The van der Waals surface area contributed by atoms with Crippen LogP contribution >= 0.6 is 0 Å². The van der Waals surface area contributed by atoms with Crippen LogP contribution in [-0.4, -0.2) is 51.0 Å². The van der Waals surface area contributed by atoms with Gasteiger partial charge in [0.15, 0.2) is 0 Å². The Balaban J connectivity index is 2.44. The first-order chi connectivity index (χ1) is 6.65. The molecule has 0 aromatic heterocycles. The van der Waals surface area contributed by atoms with Crippen molar-refractivity contribution in [3.63, 3.8) is 0 Å². The van der Waals surface area contributed by atoms with E-state index < -0.39 is 0 Å². The monoisotopic (exact) mass is 201 g/mol. The molecule has 1 fully saturated rings. The molecule has 1 saturated heterocycles. The molecule has 2 atom stereocenters. The molecule has 0 spiro atoms. The van der Waals surface area contributed by atoms with E-state index in [0.717, 1.165) is 19.4 Å². The molecular weight excluding hydrogens is 182 g/mol. The standard InChI is InChI=1S/C9H19N3O2/c1-12(2)9(13)11-7-5-4-6-10-8(7)14-3/h7-8,10H,4-6H2,1-3H3,(H,11,13). The molecule has 2 amide bonds. The number of ether oxygens (including phenoxy) is 1. The van der Waals surface area contributed by atoms with Gasteiger partial charge >= 0.3 is 6.03 Å². The van der Waals surface area contributed by atoms with Crippen molar-refractivity contribution < 1.29 is 9.53 Å². The maximum Gasteiger partial charge on any atom is 0.317 e. The molecule has 0 bridgehead atoms. The molecule has 0 saturated carbocycles. The van der Waals surface area contributed by atoms with Crippen LogP contribution in [0.4, 0.5) is 4.79 Å². The van der Waals surface area contributed by atoms with Gasteiger partial charge in [-0.05, 0) is 19.4 Å². The van der Waals surface area contributed by atoms with E-state index >= 15 is 0 Å². The summed E-state index contributed by atoms with van der Waals surface area (Å²) < 4.78 is 5.24. The van der Waals surface area contributed by atoms with E-state index in [4.69, 9.17) is 4.74 Å². The van der Waals surface area contributed by atoms with Crippen LogP contribution in [0.15, 0.2) is 0 Å². The number of piperidine rings is 1. The molecule has 5 nitrogen and oxygen atoms in total. The number of methoxy groups -OCH3 is 1. The SMILES string of the molecule is COC1NCCCC1NC(=O)N(C)C. The van der Waals surface area contributed by atoms with Gasteiger partial charge in [-0.1, -0.05) is 0 Å². The number of nitrogens with zero attached hydrogens (tertiary/aromatic N) is 1. The van der Waals surface area contributed by atoms with Crippen LogP contribution in [0.25, 0.3) is 0 Å². The number of carbonyl (C=O) groups is 1. The molecule has 1 heterocycles. The van der Waals surface area contributed by atoms with Gasteiger partial charge in [-0.2, -0.15) is 0 Å². The zero-order valence-electron chi connectivity index (χ0n) is 9.04. The lowest BCUT2D eigenvalue weighted by molar-refractivity contribution is 0.0265. The highest BCUT2D eigenvalue weighted by molar-refractivity contribution is 5.73. The lowest BCUT2D eigenvalue weighted by Gasteiger charge is -2.32. The van der Waals surface area contributed by atoms with Gasteiger partial charge in [-0.25, -0.2) is 4.79 Å². The summed E-state index contributed by atoms with van der Waals surface area (Å²) in [5, 5.41) is 6.13. The van der Waals surface area contributed by atoms with Crippen molar-refractivity contribution in [3.8, 4) is 0 Å². The van der Waals surface area contributed by atoms with E-state index in [1.807, 2.05) is 0 Å².